The summed E-state index contributed by atoms with van der Waals surface area (Å²) in [6.45, 7) is 3.61. The number of ether oxygens (including phenoxy) is 1. The molecule has 1 saturated heterocycles. The minimum Gasteiger partial charge on any atom is -0.481 e. The lowest BCUT2D eigenvalue weighted by atomic mass is 9.53. The first kappa shape index (κ1) is 18.2. The monoisotopic (exact) mass is 384 g/mol. The van der Waals surface area contributed by atoms with E-state index in [1.54, 1.807) is 7.11 Å². The molecule has 4 bridgehead atoms. The molecule has 152 valence electrons. The topological polar surface area (TPSA) is 67.3 Å². The Bertz CT molecular complexity index is 722. The summed E-state index contributed by atoms with van der Waals surface area (Å²) >= 11 is 0. The number of hydrogen-bond donors (Lipinski definition) is 1. The molecule has 4 saturated carbocycles. The third kappa shape index (κ3) is 3.35. The van der Waals surface area contributed by atoms with Gasteiger partial charge in [-0.2, -0.15) is 4.98 Å². The van der Waals surface area contributed by atoms with Gasteiger partial charge >= 0.3 is 0 Å². The molecule has 28 heavy (non-hydrogen) atoms. The number of nitrogens with zero attached hydrogens (tertiary/aromatic N) is 3. The van der Waals surface area contributed by atoms with Crippen LogP contribution in [0.2, 0.25) is 0 Å². The highest BCUT2D eigenvalue weighted by Crippen LogP contribution is 2.55. The Morgan fingerprint density at radius 1 is 1.11 bits per heavy atom. The zero-order valence-electron chi connectivity index (χ0n) is 17.1. The van der Waals surface area contributed by atoms with Crippen LogP contribution in [0.25, 0.3) is 0 Å². The maximum atomic E-state index is 13.1. The van der Waals surface area contributed by atoms with Crippen LogP contribution in [0.3, 0.4) is 0 Å². The highest BCUT2D eigenvalue weighted by molar-refractivity contribution is 5.80. The summed E-state index contributed by atoms with van der Waals surface area (Å²) in [5.74, 6) is 4.33. The van der Waals surface area contributed by atoms with E-state index in [2.05, 4.69) is 20.2 Å². The molecule has 5 aliphatic rings. The number of carbonyl (C=O) groups is 1. The normalized spacial score (nSPS) is 34.5. The third-order valence-electron chi connectivity index (χ3n) is 7.60. The zero-order chi connectivity index (χ0) is 19.3. The molecular weight excluding hydrogens is 352 g/mol. The number of aromatic nitrogens is 2. The average molecular weight is 385 g/mol. The highest BCUT2D eigenvalue weighted by Gasteiger charge is 2.51. The predicted molar refractivity (Wildman–Crippen MR) is 107 cm³/mol. The first-order chi connectivity index (χ1) is 13.5. The SMILES string of the molecule is COc1cc(C)nc(N2CCC(C(=O)NC34CC5CC(CC(C5)C3)C4)CC2)n1. The van der Waals surface area contributed by atoms with Crippen molar-refractivity contribution in [3.05, 3.63) is 11.8 Å². The Hall–Kier alpha value is -1.85. The summed E-state index contributed by atoms with van der Waals surface area (Å²) in [5, 5.41) is 3.57. The van der Waals surface area contributed by atoms with Gasteiger partial charge < -0.3 is 15.0 Å². The molecule has 6 rings (SSSR count). The van der Waals surface area contributed by atoms with Crippen LogP contribution in [0, 0.1) is 30.6 Å². The maximum Gasteiger partial charge on any atom is 0.228 e. The van der Waals surface area contributed by atoms with Gasteiger partial charge in [-0.1, -0.05) is 0 Å². The van der Waals surface area contributed by atoms with E-state index >= 15 is 0 Å². The minimum absolute atomic E-state index is 0.121. The second kappa shape index (κ2) is 6.89. The molecule has 2 heterocycles. The molecule has 1 aromatic rings. The fourth-order valence-corrected chi connectivity index (χ4v) is 6.74. The van der Waals surface area contributed by atoms with Gasteiger partial charge in [-0.3, -0.25) is 4.79 Å². The second-order valence-corrected chi connectivity index (χ2v) is 9.80. The largest absolute Gasteiger partial charge is 0.481 e. The van der Waals surface area contributed by atoms with Gasteiger partial charge in [0.1, 0.15) is 0 Å². The standard InChI is InChI=1S/C22H32N4O2/c1-14-7-19(28-2)24-21(23-14)26-5-3-18(4-6-26)20(27)25-22-11-15-8-16(12-22)10-17(9-15)13-22/h7,15-18H,3-6,8-13H2,1-2H3,(H,25,27). The summed E-state index contributed by atoms with van der Waals surface area (Å²) in [4.78, 5) is 24.3. The van der Waals surface area contributed by atoms with Crippen LogP contribution in [0.4, 0.5) is 5.95 Å². The van der Waals surface area contributed by atoms with Crippen LogP contribution in [-0.2, 0) is 4.79 Å². The number of nitrogens with one attached hydrogen (secondary N) is 1. The number of carbonyl (C=O) groups excluding carboxylic acids is 1. The smallest absolute Gasteiger partial charge is 0.228 e. The van der Waals surface area contributed by atoms with Crippen LogP contribution in [-0.4, -0.2) is 41.6 Å². The molecule has 6 nitrogen and oxygen atoms in total. The van der Waals surface area contributed by atoms with Crippen molar-refractivity contribution in [2.45, 2.75) is 63.8 Å². The van der Waals surface area contributed by atoms with Gasteiger partial charge in [0.05, 0.1) is 7.11 Å². The number of hydrogen-bond acceptors (Lipinski definition) is 5. The van der Waals surface area contributed by atoms with E-state index in [-0.39, 0.29) is 11.5 Å². The zero-order valence-corrected chi connectivity index (χ0v) is 17.1. The van der Waals surface area contributed by atoms with Crippen molar-refractivity contribution in [3.8, 4) is 5.88 Å². The Morgan fingerprint density at radius 3 is 2.29 bits per heavy atom. The summed E-state index contributed by atoms with van der Waals surface area (Å²) in [5.41, 5.74) is 1.03. The van der Waals surface area contributed by atoms with Gasteiger partial charge in [0.2, 0.25) is 17.7 Å². The van der Waals surface area contributed by atoms with Crippen molar-refractivity contribution in [2.75, 3.05) is 25.1 Å². The Balaban J connectivity index is 1.20. The van der Waals surface area contributed by atoms with Crippen molar-refractivity contribution < 1.29 is 9.53 Å². The third-order valence-corrected chi connectivity index (χ3v) is 7.60. The van der Waals surface area contributed by atoms with E-state index in [4.69, 9.17) is 4.74 Å². The molecule has 1 N–H and O–H groups in total. The van der Waals surface area contributed by atoms with E-state index in [0.717, 1.165) is 55.3 Å². The van der Waals surface area contributed by atoms with Crippen LogP contribution < -0.4 is 15.0 Å². The molecule has 0 atom stereocenters. The number of methoxy groups -OCH3 is 1. The summed E-state index contributed by atoms with van der Waals surface area (Å²) in [6.07, 6.45) is 9.64. The Labute approximate surface area is 167 Å². The molecule has 4 aliphatic carbocycles. The average Bonchev–Trinajstić information content (AvgIpc) is 2.66. The van der Waals surface area contributed by atoms with Gasteiger partial charge in [0, 0.05) is 36.3 Å². The van der Waals surface area contributed by atoms with Gasteiger partial charge in [0.25, 0.3) is 0 Å². The molecule has 5 fully saturated rings. The lowest BCUT2D eigenvalue weighted by Crippen LogP contribution is -2.61. The molecular formula is C22H32N4O2. The first-order valence-corrected chi connectivity index (χ1v) is 11.0. The van der Waals surface area contributed by atoms with Crippen molar-refractivity contribution in [2.24, 2.45) is 23.7 Å². The van der Waals surface area contributed by atoms with Crippen LogP contribution in [0.15, 0.2) is 6.07 Å². The molecule has 0 aromatic carbocycles. The first-order valence-electron chi connectivity index (χ1n) is 11.0. The van der Waals surface area contributed by atoms with E-state index in [0.29, 0.717) is 11.8 Å². The van der Waals surface area contributed by atoms with Crippen molar-refractivity contribution in [1.29, 1.82) is 0 Å². The van der Waals surface area contributed by atoms with E-state index < -0.39 is 0 Å². The maximum absolute atomic E-state index is 13.1. The number of rotatable bonds is 4. The number of aryl methyl sites for hydroxylation is 1. The van der Waals surface area contributed by atoms with E-state index in [9.17, 15) is 4.79 Å². The number of piperidine rings is 1. The minimum atomic E-state index is 0.121. The van der Waals surface area contributed by atoms with Gasteiger partial charge in [-0.25, -0.2) is 4.98 Å². The van der Waals surface area contributed by atoms with Gasteiger partial charge in [-0.05, 0) is 76.0 Å². The van der Waals surface area contributed by atoms with Crippen molar-refractivity contribution >= 4 is 11.9 Å². The molecule has 6 heteroatoms. The molecule has 0 spiro atoms. The van der Waals surface area contributed by atoms with Crippen molar-refractivity contribution in [1.82, 2.24) is 15.3 Å². The number of amides is 1. The lowest BCUT2D eigenvalue weighted by Gasteiger charge is -2.57. The highest BCUT2D eigenvalue weighted by atomic mass is 16.5. The van der Waals surface area contributed by atoms with Gasteiger partial charge in [0.15, 0.2) is 0 Å². The Kier molecular flexibility index (Phi) is 4.48. The quantitative estimate of drug-likeness (QED) is 0.864. The second-order valence-electron chi connectivity index (χ2n) is 9.80. The lowest BCUT2D eigenvalue weighted by molar-refractivity contribution is -0.131. The summed E-state index contributed by atoms with van der Waals surface area (Å²) in [7, 11) is 1.63. The van der Waals surface area contributed by atoms with Crippen LogP contribution in [0.5, 0.6) is 5.88 Å². The molecule has 1 aromatic heterocycles. The fourth-order valence-electron chi connectivity index (χ4n) is 6.74. The summed E-state index contributed by atoms with van der Waals surface area (Å²) < 4.78 is 5.28. The summed E-state index contributed by atoms with van der Waals surface area (Å²) in [6, 6.07) is 1.84. The molecule has 0 radical (unpaired) electrons. The fraction of sp³-hybridized carbons (Fsp3) is 0.773. The van der Waals surface area contributed by atoms with Crippen LogP contribution >= 0.6 is 0 Å². The Morgan fingerprint density at radius 2 is 1.71 bits per heavy atom. The van der Waals surface area contributed by atoms with Gasteiger partial charge in [-0.15, -0.1) is 0 Å². The molecule has 1 amide bonds. The molecule has 0 unspecified atom stereocenters. The molecule has 1 aliphatic heterocycles. The predicted octanol–water partition coefficient (Wildman–Crippen LogP) is 3.10. The number of anilines is 1. The van der Waals surface area contributed by atoms with Crippen LogP contribution in [0.1, 0.15) is 57.1 Å². The van der Waals surface area contributed by atoms with Crippen molar-refractivity contribution in [3.63, 3.8) is 0 Å². The van der Waals surface area contributed by atoms with E-state index in [1.807, 2.05) is 13.0 Å². The van der Waals surface area contributed by atoms with E-state index in [1.165, 1.54) is 38.5 Å².